The van der Waals surface area contributed by atoms with Crippen LogP contribution in [0.3, 0.4) is 0 Å². The van der Waals surface area contributed by atoms with Gasteiger partial charge in [0.2, 0.25) is 0 Å². The SMILES string of the molecule is O=C(O)C(C1CCCCC1)N1CC(CN2CCC(c3cc(C(F)(F)F)n[nH]3)CC2)C(c2ccccc2)C1. The second kappa shape index (κ2) is 11.2. The van der Waals surface area contributed by atoms with Crippen LogP contribution in [0.5, 0.6) is 0 Å². The Kier molecular flexibility index (Phi) is 7.91. The first kappa shape index (κ1) is 26.2. The number of hydrogen-bond donors (Lipinski definition) is 2. The molecule has 1 aromatic heterocycles. The minimum atomic E-state index is -4.43. The van der Waals surface area contributed by atoms with Crippen molar-refractivity contribution in [2.45, 2.75) is 69.0 Å². The molecule has 0 radical (unpaired) electrons. The maximum Gasteiger partial charge on any atom is 0.435 e. The smallest absolute Gasteiger partial charge is 0.435 e. The van der Waals surface area contributed by atoms with E-state index in [2.05, 4.69) is 44.3 Å². The topological polar surface area (TPSA) is 72.5 Å². The van der Waals surface area contributed by atoms with Crippen molar-refractivity contribution in [3.05, 3.63) is 53.3 Å². The molecule has 37 heavy (non-hydrogen) atoms. The largest absolute Gasteiger partial charge is 0.480 e. The number of nitrogens with zero attached hydrogens (tertiary/aromatic N) is 3. The quantitative estimate of drug-likeness (QED) is 0.517. The summed E-state index contributed by atoms with van der Waals surface area (Å²) in [4.78, 5) is 17.1. The molecule has 6 nitrogen and oxygen atoms in total. The van der Waals surface area contributed by atoms with Crippen LogP contribution in [0.25, 0.3) is 0 Å². The summed E-state index contributed by atoms with van der Waals surface area (Å²) in [6.07, 6.45) is 2.55. The van der Waals surface area contributed by atoms with Gasteiger partial charge in [0, 0.05) is 37.2 Å². The molecule has 2 aromatic rings. The third-order valence-corrected chi connectivity index (χ3v) is 8.85. The fourth-order valence-corrected chi connectivity index (χ4v) is 6.95. The number of aromatic nitrogens is 2. The molecule has 202 valence electrons. The van der Waals surface area contributed by atoms with Crippen LogP contribution in [0.2, 0.25) is 0 Å². The highest BCUT2D eigenvalue weighted by molar-refractivity contribution is 5.74. The Labute approximate surface area is 216 Å². The lowest BCUT2D eigenvalue weighted by Gasteiger charge is -2.35. The Hall–Kier alpha value is -2.39. The Bertz CT molecular complexity index is 1030. The van der Waals surface area contributed by atoms with Crippen LogP contribution in [0.15, 0.2) is 36.4 Å². The number of aliphatic carboxylic acids is 1. The van der Waals surface area contributed by atoms with E-state index < -0.39 is 23.9 Å². The number of nitrogens with one attached hydrogen (secondary N) is 1. The highest BCUT2D eigenvalue weighted by atomic mass is 19.4. The van der Waals surface area contributed by atoms with Crippen LogP contribution < -0.4 is 0 Å². The molecule has 2 aliphatic heterocycles. The highest BCUT2D eigenvalue weighted by Crippen LogP contribution is 2.39. The van der Waals surface area contributed by atoms with Gasteiger partial charge in [0.05, 0.1) is 0 Å². The fourth-order valence-electron chi connectivity index (χ4n) is 6.95. The van der Waals surface area contributed by atoms with Crippen molar-refractivity contribution in [3.63, 3.8) is 0 Å². The molecule has 1 saturated carbocycles. The van der Waals surface area contributed by atoms with Crippen molar-refractivity contribution < 1.29 is 23.1 Å². The maximum atomic E-state index is 13.0. The molecule has 0 bridgehead atoms. The Morgan fingerprint density at radius 1 is 1.05 bits per heavy atom. The van der Waals surface area contributed by atoms with E-state index >= 15 is 0 Å². The standard InChI is InChI=1S/C28H37F3N4O2/c29-28(30,31)25-15-24(32-33-25)20-11-13-34(14-12-20)16-22-17-35(18-23(22)19-7-3-1-4-8-19)26(27(36)37)21-9-5-2-6-10-21/h1,3-4,7-8,15,20-23,26H,2,5-6,9-14,16-18H2,(H,32,33)(H,36,37). The molecule has 3 atom stereocenters. The van der Waals surface area contributed by atoms with Crippen LogP contribution in [-0.4, -0.2) is 69.8 Å². The molecule has 1 aromatic carbocycles. The van der Waals surface area contributed by atoms with E-state index in [0.717, 1.165) is 77.3 Å². The summed E-state index contributed by atoms with van der Waals surface area (Å²) in [7, 11) is 0. The predicted molar refractivity (Wildman–Crippen MR) is 134 cm³/mol. The lowest BCUT2D eigenvalue weighted by atomic mass is 9.83. The molecule has 2 saturated heterocycles. The van der Waals surface area contributed by atoms with E-state index in [0.29, 0.717) is 11.6 Å². The Morgan fingerprint density at radius 2 is 1.76 bits per heavy atom. The molecule has 1 aliphatic carbocycles. The second-order valence-electron chi connectivity index (χ2n) is 11.2. The van der Waals surface area contributed by atoms with Gasteiger partial charge < -0.3 is 10.0 Å². The van der Waals surface area contributed by atoms with E-state index in [1.165, 1.54) is 12.0 Å². The van der Waals surface area contributed by atoms with Gasteiger partial charge in [-0.25, -0.2) is 0 Å². The zero-order chi connectivity index (χ0) is 26.0. The molecule has 3 unspecified atom stereocenters. The van der Waals surface area contributed by atoms with Crippen molar-refractivity contribution >= 4 is 5.97 Å². The number of piperidine rings is 1. The molecule has 5 rings (SSSR count). The number of carboxylic acid groups (broad SMARTS) is 1. The van der Waals surface area contributed by atoms with Gasteiger partial charge in [-0.2, -0.15) is 18.3 Å². The van der Waals surface area contributed by atoms with Gasteiger partial charge in [-0.05, 0) is 62.2 Å². The van der Waals surface area contributed by atoms with Gasteiger partial charge >= 0.3 is 12.1 Å². The van der Waals surface area contributed by atoms with Crippen molar-refractivity contribution in [2.75, 3.05) is 32.7 Å². The van der Waals surface area contributed by atoms with Crippen LogP contribution in [0, 0.1) is 11.8 Å². The number of carboxylic acids is 1. The molecule has 0 amide bonds. The molecule has 2 N–H and O–H groups in total. The second-order valence-corrected chi connectivity index (χ2v) is 11.2. The van der Waals surface area contributed by atoms with Gasteiger partial charge in [0.25, 0.3) is 0 Å². The number of alkyl halides is 3. The summed E-state index contributed by atoms with van der Waals surface area (Å²) in [5.41, 5.74) is 0.973. The zero-order valence-corrected chi connectivity index (χ0v) is 21.2. The van der Waals surface area contributed by atoms with Crippen LogP contribution in [-0.2, 0) is 11.0 Å². The third kappa shape index (κ3) is 6.03. The predicted octanol–water partition coefficient (Wildman–Crippen LogP) is 5.36. The molecule has 0 spiro atoms. The molecule has 3 fully saturated rings. The fraction of sp³-hybridized carbons (Fsp3) is 0.643. The monoisotopic (exact) mass is 518 g/mol. The molecule has 3 heterocycles. The first-order chi connectivity index (χ1) is 17.8. The Morgan fingerprint density at radius 3 is 2.38 bits per heavy atom. The average molecular weight is 519 g/mol. The average Bonchev–Trinajstić information content (AvgIpc) is 3.54. The van der Waals surface area contributed by atoms with Crippen molar-refractivity contribution in [2.24, 2.45) is 11.8 Å². The van der Waals surface area contributed by atoms with Gasteiger partial charge in [-0.3, -0.25) is 14.8 Å². The van der Waals surface area contributed by atoms with Gasteiger partial charge in [0.15, 0.2) is 5.69 Å². The third-order valence-electron chi connectivity index (χ3n) is 8.85. The van der Waals surface area contributed by atoms with E-state index in [1.807, 2.05) is 6.07 Å². The molecular formula is C28H37F3N4O2. The lowest BCUT2D eigenvalue weighted by molar-refractivity contribution is -0.145. The van der Waals surface area contributed by atoms with Crippen molar-refractivity contribution in [1.82, 2.24) is 20.0 Å². The van der Waals surface area contributed by atoms with Crippen LogP contribution in [0.1, 0.15) is 73.7 Å². The number of hydrogen-bond acceptors (Lipinski definition) is 4. The number of benzene rings is 1. The number of H-pyrrole nitrogens is 1. The van der Waals surface area contributed by atoms with E-state index in [9.17, 15) is 23.1 Å². The molecule has 3 aliphatic rings. The summed E-state index contributed by atoms with van der Waals surface area (Å²) < 4.78 is 38.9. The number of rotatable bonds is 7. The minimum Gasteiger partial charge on any atom is -0.480 e. The zero-order valence-electron chi connectivity index (χ0n) is 21.2. The summed E-state index contributed by atoms with van der Waals surface area (Å²) >= 11 is 0. The first-order valence-corrected chi connectivity index (χ1v) is 13.7. The Balaban J connectivity index is 1.26. The van der Waals surface area contributed by atoms with Gasteiger partial charge in [-0.1, -0.05) is 49.6 Å². The summed E-state index contributed by atoms with van der Waals surface area (Å²) in [5, 5.41) is 16.3. The van der Waals surface area contributed by atoms with Crippen LogP contribution >= 0.6 is 0 Å². The number of likely N-dealkylation sites (tertiary alicyclic amines) is 2. The lowest BCUT2D eigenvalue weighted by Crippen LogP contribution is -2.46. The maximum absolute atomic E-state index is 13.0. The first-order valence-electron chi connectivity index (χ1n) is 13.7. The van der Waals surface area contributed by atoms with E-state index in [4.69, 9.17) is 0 Å². The van der Waals surface area contributed by atoms with Gasteiger partial charge in [0.1, 0.15) is 6.04 Å². The summed E-state index contributed by atoms with van der Waals surface area (Å²) in [6, 6.07) is 11.1. The number of carbonyl (C=O) groups is 1. The van der Waals surface area contributed by atoms with Crippen molar-refractivity contribution in [3.8, 4) is 0 Å². The summed E-state index contributed by atoms with van der Waals surface area (Å²) in [5.74, 6) is 0.151. The molecule has 9 heteroatoms. The van der Waals surface area contributed by atoms with Crippen LogP contribution in [0.4, 0.5) is 13.2 Å². The summed E-state index contributed by atoms with van der Waals surface area (Å²) in [6.45, 7) is 4.02. The number of aromatic amines is 1. The van der Waals surface area contributed by atoms with Gasteiger partial charge in [-0.15, -0.1) is 0 Å². The molecular weight excluding hydrogens is 481 g/mol. The normalized spacial score (nSPS) is 25.9. The van der Waals surface area contributed by atoms with E-state index in [1.54, 1.807) is 0 Å². The van der Waals surface area contributed by atoms with E-state index in [-0.39, 0.29) is 17.8 Å². The number of halogens is 3. The van der Waals surface area contributed by atoms with Crippen molar-refractivity contribution in [1.29, 1.82) is 0 Å². The minimum absolute atomic E-state index is 0.0486. The highest BCUT2D eigenvalue weighted by Gasteiger charge is 2.43.